The number of methoxy groups -OCH3 is 1. The van der Waals surface area contributed by atoms with Gasteiger partial charge >= 0.3 is 0 Å². The van der Waals surface area contributed by atoms with Gasteiger partial charge < -0.3 is 10.1 Å². The van der Waals surface area contributed by atoms with Gasteiger partial charge in [0, 0.05) is 17.6 Å². The third-order valence-electron chi connectivity index (χ3n) is 3.04. The molecule has 23 heavy (non-hydrogen) atoms. The van der Waals surface area contributed by atoms with Crippen molar-refractivity contribution in [2.24, 2.45) is 0 Å². The number of nitrogens with one attached hydrogen (secondary N) is 2. The maximum Gasteiger partial charge on any atom is 0.262 e. The number of carbonyl (C=O) groups is 1. The number of ether oxygens (including phenoxy) is 1. The third-order valence-corrected chi connectivity index (χ3v) is 4.64. The number of benzene rings is 2. The van der Waals surface area contributed by atoms with Crippen LogP contribution in [-0.4, -0.2) is 28.5 Å². The average molecular weight is 355 g/mol. The number of carbonyl (C=O) groups excluding carboxylic acids is 1. The van der Waals surface area contributed by atoms with Crippen molar-refractivity contribution in [1.82, 2.24) is 5.32 Å². The van der Waals surface area contributed by atoms with Crippen LogP contribution in [0, 0.1) is 0 Å². The van der Waals surface area contributed by atoms with Crippen molar-refractivity contribution < 1.29 is 17.9 Å². The monoisotopic (exact) mass is 354 g/mol. The Kier molecular flexibility index (Phi) is 5.12. The molecule has 0 spiro atoms. The molecule has 0 aliphatic carbocycles. The second-order valence-corrected chi connectivity index (χ2v) is 6.68. The fourth-order valence-corrected chi connectivity index (χ4v) is 3.19. The summed E-state index contributed by atoms with van der Waals surface area (Å²) in [5.41, 5.74) is 0.457. The maximum atomic E-state index is 12.5. The Bertz CT molecular complexity index is 837. The maximum absolute atomic E-state index is 12.5. The van der Waals surface area contributed by atoms with Crippen molar-refractivity contribution in [3.05, 3.63) is 53.1 Å². The SMILES string of the molecule is CNC(=O)c1cccc(S(=O)(=O)Nc2cc(Cl)ccc2OC)c1. The summed E-state index contributed by atoms with van der Waals surface area (Å²) in [6, 6.07) is 10.3. The normalized spacial score (nSPS) is 10.9. The lowest BCUT2D eigenvalue weighted by Crippen LogP contribution is -2.19. The zero-order valence-electron chi connectivity index (χ0n) is 12.5. The van der Waals surface area contributed by atoms with E-state index in [-0.39, 0.29) is 22.1 Å². The Morgan fingerprint density at radius 2 is 1.91 bits per heavy atom. The molecule has 6 nitrogen and oxygen atoms in total. The second kappa shape index (κ2) is 6.89. The Labute approximate surface area is 139 Å². The summed E-state index contributed by atoms with van der Waals surface area (Å²) in [7, 11) is -1.00. The first-order chi connectivity index (χ1) is 10.9. The van der Waals surface area contributed by atoms with Crippen LogP contribution in [0.25, 0.3) is 0 Å². The van der Waals surface area contributed by atoms with E-state index in [9.17, 15) is 13.2 Å². The number of rotatable bonds is 5. The molecular weight excluding hydrogens is 340 g/mol. The molecule has 0 radical (unpaired) electrons. The van der Waals surface area contributed by atoms with Crippen LogP contribution in [0.5, 0.6) is 5.75 Å². The third kappa shape index (κ3) is 3.94. The molecule has 0 atom stereocenters. The van der Waals surface area contributed by atoms with Crippen molar-refractivity contribution in [3.63, 3.8) is 0 Å². The zero-order chi connectivity index (χ0) is 17.0. The summed E-state index contributed by atoms with van der Waals surface area (Å²) < 4.78 is 32.5. The van der Waals surface area contributed by atoms with Gasteiger partial charge in [-0.15, -0.1) is 0 Å². The molecule has 2 N–H and O–H groups in total. The van der Waals surface area contributed by atoms with Gasteiger partial charge in [-0.25, -0.2) is 8.42 Å². The van der Waals surface area contributed by atoms with Gasteiger partial charge in [0.15, 0.2) is 0 Å². The van der Waals surface area contributed by atoms with E-state index in [0.29, 0.717) is 10.8 Å². The number of sulfonamides is 1. The van der Waals surface area contributed by atoms with E-state index in [1.165, 1.54) is 44.5 Å². The highest BCUT2D eigenvalue weighted by Crippen LogP contribution is 2.29. The minimum absolute atomic E-state index is 0.0411. The Morgan fingerprint density at radius 1 is 1.17 bits per heavy atom. The first-order valence-corrected chi connectivity index (χ1v) is 8.42. The fraction of sp³-hybridized carbons (Fsp3) is 0.133. The summed E-state index contributed by atoms with van der Waals surface area (Å²) in [4.78, 5) is 11.6. The summed E-state index contributed by atoms with van der Waals surface area (Å²) in [5, 5.41) is 2.81. The molecule has 0 aromatic heterocycles. The van der Waals surface area contributed by atoms with E-state index < -0.39 is 10.0 Å². The highest BCUT2D eigenvalue weighted by molar-refractivity contribution is 7.92. The molecule has 8 heteroatoms. The first-order valence-electron chi connectivity index (χ1n) is 6.56. The Balaban J connectivity index is 2.40. The predicted molar refractivity (Wildman–Crippen MR) is 88.6 cm³/mol. The number of hydrogen-bond acceptors (Lipinski definition) is 4. The van der Waals surface area contributed by atoms with Crippen molar-refractivity contribution in [2.45, 2.75) is 4.90 Å². The largest absolute Gasteiger partial charge is 0.495 e. The van der Waals surface area contributed by atoms with Crippen LogP contribution in [0.4, 0.5) is 5.69 Å². The van der Waals surface area contributed by atoms with E-state index in [1.54, 1.807) is 12.1 Å². The van der Waals surface area contributed by atoms with Gasteiger partial charge in [0.1, 0.15) is 5.75 Å². The average Bonchev–Trinajstić information content (AvgIpc) is 2.54. The van der Waals surface area contributed by atoms with Crippen molar-refractivity contribution in [2.75, 3.05) is 18.9 Å². The van der Waals surface area contributed by atoms with E-state index in [0.717, 1.165) is 0 Å². The number of amides is 1. The lowest BCUT2D eigenvalue weighted by Gasteiger charge is -2.12. The number of hydrogen-bond donors (Lipinski definition) is 2. The van der Waals surface area contributed by atoms with Gasteiger partial charge in [0.2, 0.25) is 0 Å². The number of halogens is 1. The molecule has 0 saturated heterocycles. The van der Waals surface area contributed by atoms with Gasteiger partial charge in [-0.2, -0.15) is 0 Å². The predicted octanol–water partition coefficient (Wildman–Crippen LogP) is 2.51. The van der Waals surface area contributed by atoms with Crippen molar-refractivity contribution >= 4 is 33.2 Å². The van der Waals surface area contributed by atoms with Gasteiger partial charge in [-0.1, -0.05) is 17.7 Å². The molecule has 0 bridgehead atoms. The van der Waals surface area contributed by atoms with Crippen LogP contribution >= 0.6 is 11.6 Å². The van der Waals surface area contributed by atoms with Gasteiger partial charge in [0.25, 0.3) is 15.9 Å². The molecule has 0 saturated carbocycles. The Hall–Kier alpha value is -2.25. The molecular formula is C15H15ClN2O4S. The van der Waals surface area contributed by atoms with Gasteiger partial charge in [-0.3, -0.25) is 9.52 Å². The molecule has 0 fully saturated rings. The molecule has 0 aliphatic rings. The molecule has 2 aromatic rings. The Morgan fingerprint density at radius 3 is 2.57 bits per heavy atom. The second-order valence-electron chi connectivity index (χ2n) is 4.56. The smallest absolute Gasteiger partial charge is 0.262 e. The van der Waals surface area contributed by atoms with Crippen molar-refractivity contribution in [3.8, 4) is 5.75 Å². The van der Waals surface area contributed by atoms with E-state index in [2.05, 4.69) is 10.0 Å². The number of anilines is 1. The highest BCUT2D eigenvalue weighted by Gasteiger charge is 2.18. The van der Waals surface area contributed by atoms with Crippen LogP contribution in [-0.2, 0) is 10.0 Å². The summed E-state index contributed by atoms with van der Waals surface area (Å²) in [6.07, 6.45) is 0. The van der Waals surface area contributed by atoms with E-state index in [1.807, 2.05) is 0 Å². The summed E-state index contributed by atoms with van der Waals surface area (Å²) in [5.74, 6) is -0.0391. The quantitative estimate of drug-likeness (QED) is 0.864. The van der Waals surface area contributed by atoms with Crippen LogP contribution in [0.2, 0.25) is 5.02 Å². The lowest BCUT2D eigenvalue weighted by molar-refractivity contribution is 0.0963. The molecule has 122 valence electrons. The lowest BCUT2D eigenvalue weighted by atomic mass is 10.2. The summed E-state index contributed by atoms with van der Waals surface area (Å²) >= 11 is 5.89. The minimum Gasteiger partial charge on any atom is -0.495 e. The zero-order valence-corrected chi connectivity index (χ0v) is 14.0. The summed E-state index contributed by atoms with van der Waals surface area (Å²) in [6.45, 7) is 0. The molecule has 2 rings (SSSR count). The van der Waals surface area contributed by atoms with Crippen LogP contribution in [0.15, 0.2) is 47.4 Å². The minimum atomic E-state index is -3.90. The van der Waals surface area contributed by atoms with Crippen LogP contribution in [0.1, 0.15) is 10.4 Å². The molecule has 0 aliphatic heterocycles. The molecule has 0 heterocycles. The highest BCUT2D eigenvalue weighted by atomic mass is 35.5. The molecule has 0 unspecified atom stereocenters. The van der Waals surface area contributed by atoms with Gasteiger partial charge in [0.05, 0.1) is 17.7 Å². The molecule has 2 aromatic carbocycles. The van der Waals surface area contributed by atoms with E-state index in [4.69, 9.17) is 16.3 Å². The topological polar surface area (TPSA) is 84.5 Å². The van der Waals surface area contributed by atoms with Crippen LogP contribution in [0.3, 0.4) is 0 Å². The van der Waals surface area contributed by atoms with Crippen molar-refractivity contribution in [1.29, 1.82) is 0 Å². The fourth-order valence-electron chi connectivity index (χ4n) is 1.91. The first kappa shape index (κ1) is 17.1. The standard InChI is InChI=1S/C15H15ClN2O4S/c1-17-15(19)10-4-3-5-12(8-10)23(20,21)18-13-9-11(16)6-7-14(13)22-2/h3-9,18H,1-2H3,(H,17,19). The van der Waals surface area contributed by atoms with Gasteiger partial charge in [-0.05, 0) is 36.4 Å². The molecule has 1 amide bonds. The van der Waals surface area contributed by atoms with Crippen LogP contribution < -0.4 is 14.8 Å². The van der Waals surface area contributed by atoms with E-state index >= 15 is 0 Å².